The fraction of sp³-hybridized carbons (Fsp3) is 0.250. The summed E-state index contributed by atoms with van der Waals surface area (Å²) in [4.78, 5) is 38.1. The molecular formula is C20H16BrNO5. The van der Waals surface area contributed by atoms with E-state index in [1.807, 2.05) is 6.07 Å². The van der Waals surface area contributed by atoms with Crippen LogP contribution in [0.4, 0.5) is 5.69 Å². The standard InChI is InChI=1S/C20H16BrNO5/c21-17-5-3-15(27-17)4-6-19(25)26-11-16(23)13-8-12-2-1-7-22-18(24)10-14(9-13)20(12)22/h3-6,8-9H,1-2,7,10-11H2/b6-4+. The van der Waals surface area contributed by atoms with Crippen LogP contribution in [0.2, 0.25) is 0 Å². The third-order valence-corrected chi connectivity index (χ3v) is 5.08. The lowest BCUT2D eigenvalue weighted by Crippen LogP contribution is -2.31. The van der Waals surface area contributed by atoms with Crippen molar-refractivity contribution < 1.29 is 23.5 Å². The first kappa shape index (κ1) is 17.7. The number of carbonyl (C=O) groups is 3. The van der Waals surface area contributed by atoms with Gasteiger partial charge in [-0.1, -0.05) is 0 Å². The molecule has 0 aliphatic carbocycles. The molecule has 1 aromatic heterocycles. The predicted molar refractivity (Wildman–Crippen MR) is 102 cm³/mol. The molecule has 7 heteroatoms. The first-order valence-corrected chi connectivity index (χ1v) is 9.40. The first-order chi connectivity index (χ1) is 13.0. The molecule has 4 rings (SSSR count). The monoisotopic (exact) mass is 429 g/mol. The van der Waals surface area contributed by atoms with E-state index < -0.39 is 5.97 Å². The van der Waals surface area contributed by atoms with E-state index in [4.69, 9.17) is 9.15 Å². The highest BCUT2D eigenvalue weighted by Gasteiger charge is 2.32. The Labute approximate surface area is 163 Å². The Balaban J connectivity index is 1.42. The van der Waals surface area contributed by atoms with Gasteiger partial charge in [0, 0.05) is 18.2 Å². The van der Waals surface area contributed by atoms with E-state index in [2.05, 4.69) is 15.9 Å². The van der Waals surface area contributed by atoms with E-state index in [1.165, 1.54) is 12.2 Å². The maximum absolute atomic E-state index is 12.5. The SMILES string of the molecule is O=C(/C=C/c1ccc(Br)o1)OCC(=O)c1cc2c3c(c1)CC(=O)N3CCC2. The lowest BCUT2D eigenvalue weighted by atomic mass is 9.95. The fourth-order valence-corrected chi connectivity index (χ4v) is 3.80. The Morgan fingerprint density at radius 2 is 2.07 bits per heavy atom. The number of hydrogen-bond acceptors (Lipinski definition) is 5. The zero-order valence-electron chi connectivity index (χ0n) is 14.4. The molecule has 0 atom stereocenters. The van der Waals surface area contributed by atoms with Gasteiger partial charge in [-0.05, 0) is 70.2 Å². The number of amides is 1. The second kappa shape index (κ2) is 7.15. The van der Waals surface area contributed by atoms with Crippen molar-refractivity contribution >= 4 is 45.4 Å². The van der Waals surface area contributed by atoms with E-state index in [-0.39, 0.29) is 18.3 Å². The summed E-state index contributed by atoms with van der Waals surface area (Å²) in [6.07, 6.45) is 4.73. The van der Waals surface area contributed by atoms with Crippen molar-refractivity contribution in [3.63, 3.8) is 0 Å². The number of ether oxygens (including phenoxy) is 1. The number of benzene rings is 1. The number of esters is 1. The molecular weight excluding hydrogens is 414 g/mol. The molecule has 0 unspecified atom stereocenters. The van der Waals surface area contributed by atoms with Crippen LogP contribution in [0.1, 0.15) is 33.7 Å². The van der Waals surface area contributed by atoms with Crippen LogP contribution >= 0.6 is 15.9 Å². The van der Waals surface area contributed by atoms with E-state index in [9.17, 15) is 14.4 Å². The predicted octanol–water partition coefficient (Wildman–Crippen LogP) is 3.32. The van der Waals surface area contributed by atoms with E-state index in [0.29, 0.717) is 22.4 Å². The highest BCUT2D eigenvalue weighted by molar-refractivity contribution is 9.10. The number of carbonyl (C=O) groups excluding carboxylic acids is 3. The van der Waals surface area contributed by atoms with Crippen LogP contribution in [0.3, 0.4) is 0 Å². The van der Waals surface area contributed by atoms with E-state index in [1.54, 1.807) is 23.1 Å². The quantitative estimate of drug-likeness (QED) is 0.413. The van der Waals surface area contributed by atoms with Gasteiger partial charge in [-0.25, -0.2) is 4.79 Å². The van der Waals surface area contributed by atoms with Crippen molar-refractivity contribution in [3.8, 4) is 0 Å². The Kier molecular flexibility index (Phi) is 4.70. The van der Waals surface area contributed by atoms with Gasteiger partial charge in [0.1, 0.15) is 5.76 Å². The van der Waals surface area contributed by atoms with Crippen molar-refractivity contribution in [3.05, 3.63) is 57.5 Å². The molecule has 2 aliphatic heterocycles. The summed E-state index contributed by atoms with van der Waals surface area (Å²) in [5.41, 5.74) is 3.34. The van der Waals surface area contributed by atoms with Gasteiger partial charge in [0.2, 0.25) is 5.91 Å². The molecule has 2 aliphatic rings. The van der Waals surface area contributed by atoms with Gasteiger partial charge in [-0.15, -0.1) is 0 Å². The molecule has 138 valence electrons. The molecule has 0 fully saturated rings. The molecule has 0 radical (unpaired) electrons. The second-order valence-corrected chi connectivity index (χ2v) is 7.26. The topological polar surface area (TPSA) is 76.8 Å². The molecule has 0 saturated carbocycles. The molecule has 0 bridgehead atoms. The number of aryl methyl sites for hydroxylation is 1. The zero-order chi connectivity index (χ0) is 19.0. The summed E-state index contributed by atoms with van der Waals surface area (Å²) in [5.74, 6) is -0.332. The average Bonchev–Trinajstić information content (AvgIpc) is 3.22. The van der Waals surface area contributed by atoms with Crippen LogP contribution in [0.5, 0.6) is 0 Å². The number of halogens is 1. The summed E-state index contributed by atoms with van der Waals surface area (Å²) >= 11 is 3.17. The van der Waals surface area contributed by atoms with Crippen molar-refractivity contribution in [1.82, 2.24) is 0 Å². The maximum atomic E-state index is 12.5. The van der Waals surface area contributed by atoms with Gasteiger partial charge in [-0.2, -0.15) is 0 Å². The smallest absolute Gasteiger partial charge is 0.331 e. The van der Waals surface area contributed by atoms with Crippen LogP contribution in [0.25, 0.3) is 6.08 Å². The molecule has 0 spiro atoms. The number of furan rings is 1. The number of hydrogen-bond donors (Lipinski definition) is 0. The molecule has 3 heterocycles. The maximum Gasteiger partial charge on any atom is 0.331 e. The van der Waals surface area contributed by atoms with Gasteiger partial charge in [0.25, 0.3) is 0 Å². The highest BCUT2D eigenvalue weighted by atomic mass is 79.9. The number of ketones is 1. The summed E-state index contributed by atoms with van der Waals surface area (Å²) in [6, 6.07) is 6.96. The minimum Gasteiger partial charge on any atom is -0.454 e. The van der Waals surface area contributed by atoms with Crippen LogP contribution in [0.15, 0.2) is 39.4 Å². The second-order valence-electron chi connectivity index (χ2n) is 6.47. The van der Waals surface area contributed by atoms with Gasteiger partial charge >= 0.3 is 5.97 Å². The lowest BCUT2D eigenvalue weighted by molar-refractivity contribution is -0.136. The minimum atomic E-state index is -0.625. The van der Waals surface area contributed by atoms with Crippen molar-refractivity contribution in [2.45, 2.75) is 19.3 Å². The zero-order valence-corrected chi connectivity index (χ0v) is 16.0. The number of rotatable bonds is 5. The van der Waals surface area contributed by atoms with E-state index in [0.717, 1.165) is 36.2 Å². The van der Waals surface area contributed by atoms with Crippen LogP contribution < -0.4 is 4.90 Å². The normalized spacial score (nSPS) is 15.3. The third-order valence-electron chi connectivity index (χ3n) is 4.65. The average molecular weight is 430 g/mol. The van der Waals surface area contributed by atoms with Crippen molar-refractivity contribution in [2.24, 2.45) is 0 Å². The van der Waals surface area contributed by atoms with Gasteiger partial charge in [0.05, 0.1) is 12.1 Å². The number of Topliss-reactive ketones (excluding diaryl/α,β-unsaturated/α-hetero) is 1. The molecule has 6 nitrogen and oxygen atoms in total. The highest BCUT2D eigenvalue weighted by Crippen LogP contribution is 2.37. The fourth-order valence-electron chi connectivity index (χ4n) is 3.48. The summed E-state index contributed by atoms with van der Waals surface area (Å²) < 4.78 is 10.8. The largest absolute Gasteiger partial charge is 0.454 e. The van der Waals surface area contributed by atoms with Crippen LogP contribution in [0, 0.1) is 0 Å². The molecule has 1 aromatic carbocycles. The van der Waals surface area contributed by atoms with Gasteiger partial charge < -0.3 is 14.1 Å². The van der Waals surface area contributed by atoms with Gasteiger partial charge in [-0.3, -0.25) is 9.59 Å². The molecule has 0 N–H and O–H groups in total. The lowest BCUT2D eigenvalue weighted by Gasteiger charge is -2.25. The Hall–Kier alpha value is -2.67. The molecule has 1 amide bonds. The van der Waals surface area contributed by atoms with Crippen LogP contribution in [-0.2, 0) is 27.2 Å². The van der Waals surface area contributed by atoms with E-state index >= 15 is 0 Å². The van der Waals surface area contributed by atoms with Crippen LogP contribution in [-0.4, -0.2) is 30.8 Å². The summed E-state index contributed by atoms with van der Waals surface area (Å²) in [5, 5.41) is 0. The van der Waals surface area contributed by atoms with Crippen molar-refractivity contribution in [1.29, 1.82) is 0 Å². The Morgan fingerprint density at radius 3 is 2.85 bits per heavy atom. The third kappa shape index (κ3) is 3.60. The van der Waals surface area contributed by atoms with Crippen molar-refractivity contribution in [2.75, 3.05) is 18.1 Å². The molecule has 27 heavy (non-hydrogen) atoms. The minimum absolute atomic E-state index is 0.0803. The summed E-state index contributed by atoms with van der Waals surface area (Å²) in [6.45, 7) is 0.392. The molecule has 0 saturated heterocycles. The number of nitrogens with zero attached hydrogens (tertiary/aromatic N) is 1. The Morgan fingerprint density at radius 1 is 1.26 bits per heavy atom. The Bertz CT molecular complexity index is 975. The summed E-state index contributed by atoms with van der Waals surface area (Å²) in [7, 11) is 0. The first-order valence-electron chi connectivity index (χ1n) is 8.61. The number of anilines is 1. The molecule has 2 aromatic rings. The van der Waals surface area contributed by atoms with Gasteiger partial charge in [0.15, 0.2) is 17.1 Å².